The topological polar surface area (TPSA) is 83.8 Å². The van der Waals surface area contributed by atoms with Gasteiger partial charge in [-0.15, -0.1) is 0 Å². The van der Waals surface area contributed by atoms with Gasteiger partial charge in [-0.1, -0.05) is 0 Å². The molecule has 0 saturated heterocycles. The quantitative estimate of drug-likeness (QED) is 0.314. The Kier molecular flexibility index (Phi) is 14.1. The van der Waals surface area contributed by atoms with Gasteiger partial charge in [0.15, 0.2) is 0 Å². The van der Waals surface area contributed by atoms with Crippen LogP contribution in [-0.2, 0) is 0 Å². The van der Waals surface area contributed by atoms with Crippen LogP contribution < -0.4 is 56.2 Å². The van der Waals surface area contributed by atoms with Crippen molar-refractivity contribution in [3.05, 3.63) is 0 Å². The van der Waals surface area contributed by atoms with E-state index in [1.54, 1.807) is 0 Å². The molecule has 0 unspecified atom stereocenters. The Morgan fingerprint density at radius 1 is 1.14 bits per heavy atom. The molecular weight excluding hydrogens is 163 g/mol. The molecule has 0 aliphatic rings. The van der Waals surface area contributed by atoms with Gasteiger partial charge in [0.1, 0.15) is 0 Å². The van der Waals surface area contributed by atoms with Crippen molar-refractivity contribution in [2.24, 2.45) is 0 Å². The van der Waals surface area contributed by atoms with Crippen LogP contribution in [0.2, 0.25) is 0 Å². The van der Waals surface area contributed by atoms with Crippen molar-refractivity contribution < 1.29 is 70.6 Å². The summed E-state index contributed by atoms with van der Waals surface area (Å²) < 4.78 is 0. The summed E-state index contributed by atoms with van der Waals surface area (Å²) >= 11 is 0. The fourth-order valence-electron chi connectivity index (χ4n) is 0. The van der Waals surface area contributed by atoms with Crippen molar-refractivity contribution in [2.45, 2.75) is 0 Å². The van der Waals surface area contributed by atoms with Gasteiger partial charge in [-0.05, 0) is 0 Å². The van der Waals surface area contributed by atoms with E-state index in [9.17, 15) is 0 Å². The molecule has 0 fully saturated rings. The molecule has 0 aliphatic carbocycles. The Hall–Kier alpha value is 2.04. The minimum atomic E-state index is -4.86. The van der Waals surface area contributed by atoms with Crippen LogP contribution >= 0.6 is 13.5 Å². The monoisotopic (exact) mass is 168 g/mol. The minimum absolute atomic E-state index is 0. The van der Waals surface area contributed by atoms with Crippen LogP contribution in [0.1, 0.15) is 0 Å². The fraction of sp³-hybridized carbons (Fsp3) is 0. The first kappa shape index (κ1) is 16.0. The molecule has 0 heterocycles. The average molecular weight is 168 g/mol. The molecule has 0 atom stereocenters. The molecule has 0 aromatic carbocycles. The molecule has 0 radical (unpaired) electrons. The zero-order valence-corrected chi connectivity index (χ0v) is 8.87. The van der Waals surface area contributed by atoms with Crippen LogP contribution in [0.4, 0.5) is 0 Å². The van der Waals surface area contributed by atoms with Gasteiger partial charge in [-0.2, -0.15) is 13.5 Å². The standard InChI is InChI=1S/K.H3O4Si.H2S/c;1-5(2,3)4;/h;1-3H;1H2/q+1;-1;. The number of hydrogen-bond acceptors (Lipinski definition) is 4. The zero-order chi connectivity index (χ0) is 4.50. The van der Waals surface area contributed by atoms with E-state index >= 15 is 0 Å². The molecule has 0 saturated carbocycles. The average Bonchev–Trinajstić information content (AvgIpc) is 0.722. The van der Waals surface area contributed by atoms with Crippen LogP contribution in [0.15, 0.2) is 0 Å². The molecule has 0 bridgehead atoms. The summed E-state index contributed by atoms with van der Waals surface area (Å²) in [6.45, 7) is 0. The largest absolute Gasteiger partial charge is 1.00 e. The Bertz CT molecular complexity index is 27.2. The molecule has 40 valence electrons. The fourth-order valence-corrected chi connectivity index (χ4v) is 0. The van der Waals surface area contributed by atoms with Crippen molar-refractivity contribution >= 4 is 22.5 Å². The minimum Gasteiger partial charge on any atom is -0.794 e. The molecule has 0 spiro atoms. The molecule has 7 heteroatoms. The van der Waals surface area contributed by atoms with Crippen molar-refractivity contribution in [1.82, 2.24) is 0 Å². The normalized spacial score (nSPS) is 8.57. The van der Waals surface area contributed by atoms with Gasteiger partial charge >= 0.3 is 60.4 Å². The molecule has 0 amide bonds. The van der Waals surface area contributed by atoms with Gasteiger partial charge in [-0.25, -0.2) is 0 Å². The van der Waals surface area contributed by atoms with Gasteiger partial charge < -0.3 is 19.2 Å². The molecule has 0 aromatic heterocycles. The van der Waals surface area contributed by atoms with E-state index in [2.05, 4.69) is 0 Å². The van der Waals surface area contributed by atoms with Gasteiger partial charge in [0.05, 0.1) is 0 Å². The van der Waals surface area contributed by atoms with E-state index in [-0.39, 0.29) is 64.9 Å². The van der Waals surface area contributed by atoms with Gasteiger partial charge in [-0.3, -0.25) is 0 Å². The third kappa shape index (κ3) is 70.4. The number of hydrogen-bond donors (Lipinski definition) is 3. The van der Waals surface area contributed by atoms with Crippen molar-refractivity contribution in [1.29, 1.82) is 0 Å². The summed E-state index contributed by atoms with van der Waals surface area (Å²) in [7, 11) is -4.86. The molecule has 0 rings (SSSR count). The zero-order valence-electron chi connectivity index (χ0n) is 3.75. The van der Waals surface area contributed by atoms with Crippen LogP contribution in [0, 0.1) is 0 Å². The van der Waals surface area contributed by atoms with Crippen LogP contribution in [0.3, 0.4) is 0 Å². The van der Waals surface area contributed by atoms with Crippen molar-refractivity contribution in [2.75, 3.05) is 0 Å². The summed E-state index contributed by atoms with van der Waals surface area (Å²) in [4.78, 5) is 30.6. The van der Waals surface area contributed by atoms with Crippen molar-refractivity contribution in [3.8, 4) is 0 Å². The van der Waals surface area contributed by atoms with E-state index < -0.39 is 9.05 Å². The van der Waals surface area contributed by atoms with Crippen LogP contribution in [-0.4, -0.2) is 23.4 Å². The summed E-state index contributed by atoms with van der Waals surface area (Å²) in [6.07, 6.45) is 0. The maximum Gasteiger partial charge on any atom is 1.00 e. The van der Waals surface area contributed by atoms with E-state index in [4.69, 9.17) is 19.2 Å². The molecule has 0 aromatic rings. The predicted molar refractivity (Wildman–Crippen MR) is 22.8 cm³/mol. The molecule has 7 heavy (non-hydrogen) atoms. The van der Waals surface area contributed by atoms with Gasteiger partial charge in [0.2, 0.25) is 0 Å². The first-order chi connectivity index (χ1) is 2.00. The Labute approximate surface area is 91.5 Å². The Morgan fingerprint density at radius 3 is 1.14 bits per heavy atom. The second kappa shape index (κ2) is 6.17. The maximum atomic E-state index is 8.91. The molecular formula is H5KO4SSi. The Balaban J connectivity index is -0.0000000800. The van der Waals surface area contributed by atoms with E-state index in [0.717, 1.165) is 0 Å². The summed E-state index contributed by atoms with van der Waals surface area (Å²) in [5, 5.41) is 0. The summed E-state index contributed by atoms with van der Waals surface area (Å²) in [6, 6.07) is 0. The third-order valence-electron chi connectivity index (χ3n) is 0. The first-order valence-corrected chi connectivity index (χ1v) is 2.62. The summed E-state index contributed by atoms with van der Waals surface area (Å²) in [5.41, 5.74) is 0. The van der Waals surface area contributed by atoms with E-state index in [1.807, 2.05) is 0 Å². The molecule has 4 nitrogen and oxygen atoms in total. The smallest absolute Gasteiger partial charge is 0.794 e. The third-order valence-corrected chi connectivity index (χ3v) is 0. The maximum absolute atomic E-state index is 8.91. The van der Waals surface area contributed by atoms with Crippen LogP contribution in [0.25, 0.3) is 0 Å². The van der Waals surface area contributed by atoms with Gasteiger partial charge in [0, 0.05) is 0 Å². The number of rotatable bonds is 0. The second-order valence-electron chi connectivity index (χ2n) is 0.574. The van der Waals surface area contributed by atoms with E-state index in [1.165, 1.54) is 0 Å². The second-order valence-corrected chi connectivity index (χ2v) is 1.72. The van der Waals surface area contributed by atoms with E-state index in [0.29, 0.717) is 0 Å². The SMILES string of the molecule is S.[K+].[O-][Si](O)(O)O. The molecule has 3 N–H and O–H groups in total. The Morgan fingerprint density at radius 2 is 1.14 bits per heavy atom. The molecule has 0 aliphatic heterocycles. The van der Waals surface area contributed by atoms with Gasteiger partial charge in [0.25, 0.3) is 0 Å². The predicted octanol–water partition coefficient (Wildman–Crippen LogP) is -6.12. The summed E-state index contributed by atoms with van der Waals surface area (Å²) in [5.74, 6) is 0. The first-order valence-electron chi connectivity index (χ1n) is 0.875. The van der Waals surface area contributed by atoms with Crippen LogP contribution in [0.5, 0.6) is 0 Å². The van der Waals surface area contributed by atoms with Crippen molar-refractivity contribution in [3.63, 3.8) is 0 Å².